The smallest absolute Gasteiger partial charge is 0.154 e. The van der Waals surface area contributed by atoms with Crippen LogP contribution in [0.5, 0.6) is 0 Å². The van der Waals surface area contributed by atoms with Crippen molar-refractivity contribution in [3.8, 4) is 0 Å². The normalized spacial score (nSPS) is 23.2. The third kappa shape index (κ3) is 2.07. The third-order valence-corrected chi connectivity index (χ3v) is 4.49. The van der Waals surface area contributed by atoms with E-state index < -0.39 is 0 Å². The Kier molecular flexibility index (Phi) is 3.14. The molecule has 4 heteroatoms. The number of aryl methyl sites for hydroxylation is 1. The molecule has 4 nitrogen and oxygen atoms in total. The summed E-state index contributed by atoms with van der Waals surface area (Å²) in [5, 5.41) is 8.13. The Morgan fingerprint density at radius 1 is 1.33 bits per heavy atom. The number of nitrogens with zero attached hydrogens (tertiary/aromatic N) is 3. The molecule has 2 fully saturated rings. The van der Waals surface area contributed by atoms with E-state index in [9.17, 15) is 0 Å². The van der Waals surface area contributed by atoms with Crippen molar-refractivity contribution < 1.29 is 0 Å². The van der Waals surface area contributed by atoms with Gasteiger partial charge in [0.05, 0.1) is 0 Å². The summed E-state index contributed by atoms with van der Waals surface area (Å²) in [5.74, 6) is 3.00. The van der Waals surface area contributed by atoms with Gasteiger partial charge in [-0.15, -0.1) is 0 Å². The van der Waals surface area contributed by atoms with Gasteiger partial charge in [-0.25, -0.2) is 4.98 Å². The molecule has 0 spiro atoms. The standard InChI is InChI=1S/C14H24N4/c1-3-6-14(7-9-15-10-8-14)13-16-12(11-4-5-11)17-18(13)2/h11,15H,3-10H2,1-2H3. The lowest BCUT2D eigenvalue weighted by Crippen LogP contribution is -2.41. The highest BCUT2D eigenvalue weighted by Gasteiger charge is 2.39. The Bertz CT molecular complexity index is 408. The highest BCUT2D eigenvalue weighted by Crippen LogP contribution is 2.41. The van der Waals surface area contributed by atoms with Gasteiger partial charge in [-0.2, -0.15) is 5.10 Å². The van der Waals surface area contributed by atoms with Crippen molar-refractivity contribution in [1.29, 1.82) is 0 Å². The van der Waals surface area contributed by atoms with Crippen molar-refractivity contribution in [2.75, 3.05) is 13.1 Å². The predicted molar refractivity (Wildman–Crippen MR) is 71.7 cm³/mol. The number of piperidine rings is 1. The number of aromatic nitrogens is 3. The van der Waals surface area contributed by atoms with Gasteiger partial charge in [-0.05, 0) is 45.2 Å². The van der Waals surface area contributed by atoms with Crippen LogP contribution in [0.4, 0.5) is 0 Å². The van der Waals surface area contributed by atoms with Crippen LogP contribution < -0.4 is 5.32 Å². The first-order valence-electron chi connectivity index (χ1n) is 7.37. The summed E-state index contributed by atoms with van der Waals surface area (Å²) in [4.78, 5) is 4.91. The van der Waals surface area contributed by atoms with Gasteiger partial charge in [-0.1, -0.05) is 13.3 Å². The molecule has 1 aliphatic heterocycles. The zero-order valence-corrected chi connectivity index (χ0v) is 11.6. The van der Waals surface area contributed by atoms with Crippen LogP contribution in [0.15, 0.2) is 0 Å². The molecule has 1 aromatic rings. The van der Waals surface area contributed by atoms with E-state index in [4.69, 9.17) is 4.98 Å². The summed E-state index contributed by atoms with van der Waals surface area (Å²) < 4.78 is 2.06. The van der Waals surface area contributed by atoms with Gasteiger partial charge in [0.1, 0.15) is 5.82 Å². The Hall–Kier alpha value is -0.900. The van der Waals surface area contributed by atoms with Gasteiger partial charge in [0.2, 0.25) is 0 Å². The minimum Gasteiger partial charge on any atom is -0.317 e. The molecule has 18 heavy (non-hydrogen) atoms. The maximum atomic E-state index is 4.91. The average Bonchev–Trinajstić information content (AvgIpc) is 3.14. The van der Waals surface area contributed by atoms with Crippen LogP contribution in [0.3, 0.4) is 0 Å². The van der Waals surface area contributed by atoms with Gasteiger partial charge >= 0.3 is 0 Å². The Labute approximate surface area is 109 Å². The maximum Gasteiger partial charge on any atom is 0.154 e. The molecule has 1 aliphatic carbocycles. The minimum atomic E-state index is 0.273. The van der Waals surface area contributed by atoms with E-state index in [1.54, 1.807) is 0 Å². The second-order valence-electron chi connectivity index (χ2n) is 5.97. The van der Waals surface area contributed by atoms with E-state index in [1.807, 2.05) is 0 Å². The van der Waals surface area contributed by atoms with Crippen molar-refractivity contribution in [3.63, 3.8) is 0 Å². The molecular formula is C14H24N4. The summed E-state index contributed by atoms with van der Waals surface area (Å²) in [6.07, 6.45) is 7.45. The molecule has 0 aromatic carbocycles. The molecule has 0 amide bonds. The largest absolute Gasteiger partial charge is 0.317 e. The topological polar surface area (TPSA) is 42.7 Å². The lowest BCUT2D eigenvalue weighted by Gasteiger charge is -2.36. The van der Waals surface area contributed by atoms with Crippen LogP contribution in [-0.2, 0) is 12.5 Å². The number of nitrogens with one attached hydrogen (secondary N) is 1. The third-order valence-electron chi connectivity index (χ3n) is 4.49. The lowest BCUT2D eigenvalue weighted by molar-refractivity contribution is 0.262. The summed E-state index contributed by atoms with van der Waals surface area (Å²) in [6.45, 7) is 4.51. The minimum absolute atomic E-state index is 0.273. The molecule has 0 atom stereocenters. The lowest BCUT2D eigenvalue weighted by atomic mass is 9.74. The Balaban J connectivity index is 1.92. The van der Waals surface area contributed by atoms with Crippen LogP contribution in [0.2, 0.25) is 0 Å². The van der Waals surface area contributed by atoms with Crippen LogP contribution >= 0.6 is 0 Å². The van der Waals surface area contributed by atoms with Gasteiger partial charge in [0.15, 0.2) is 5.82 Å². The molecule has 1 N–H and O–H groups in total. The summed E-state index contributed by atoms with van der Waals surface area (Å²) in [7, 11) is 2.08. The molecule has 2 aliphatic rings. The van der Waals surface area contributed by atoms with Crippen molar-refractivity contribution >= 4 is 0 Å². The monoisotopic (exact) mass is 248 g/mol. The van der Waals surface area contributed by atoms with Crippen molar-refractivity contribution in [3.05, 3.63) is 11.6 Å². The molecule has 0 bridgehead atoms. The van der Waals surface area contributed by atoms with E-state index >= 15 is 0 Å². The molecular weight excluding hydrogens is 224 g/mol. The van der Waals surface area contributed by atoms with Crippen LogP contribution in [0, 0.1) is 0 Å². The van der Waals surface area contributed by atoms with E-state index in [-0.39, 0.29) is 5.41 Å². The van der Waals surface area contributed by atoms with E-state index in [0.29, 0.717) is 5.92 Å². The fourth-order valence-corrected chi connectivity index (χ4v) is 3.35. The second-order valence-corrected chi connectivity index (χ2v) is 5.97. The van der Waals surface area contributed by atoms with Gasteiger partial charge < -0.3 is 5.32 Å². The zero-order valence-electron chi connectivity index (χ0n) is 11.6. The highest BCUT2D eigenvalue weighted by atomic mass is 15.3. The quantitative estimate of drug-likeness (QED) is 0.887. The molecule has 0 radical (unpaired) electrons. The fourth-order valence-electron chi connectivity index (χ4n) is 3.35. The predicted octanol–water partition coefficient (Wildman–Crippen LogP) is 2.11. The first kappa shape index (κ1) is 12.2. The number of rotatable bonds is 4. The Morgan fingerprint density at radius 3 is 2.67 bits per heavy atom. The molecule has 0 unspecified atom stereocenters. The van der Waals surface area contributed by atoms with E-state index in [0.717, 1.165) is 18.9 Å². The van der Waals surface area contributed by atoms with Gasteiger partial charge in [-0.3, -0.25) is 4.68 Å². The zero-order chi connectivity index (χ0) is 12.6. The molecule has 1 aromatic heterocycles. The average molecular weight is 248 g/mol. The fraction of sp³-hybridized carbons (Fsp3) is 0.857. The first-order valence-corrected chi connectivity index (χ1v) is 7.37. The number of hydrogen-bond acceptors (Lipinski definition) is 3. The van der Waals surface area contributed by atoms with E-state index in [2.05, 4.69) is 29.1 Å². The maximum absolute atomic E-state index is 4.91. The summed E-state index contributed by atoms with van der Waals surface area (Å²) in [5.41, 5.74) is 0.273. The van der Waals surface area contributed by atoms with Crippen LogP contribution in [0.25, 0.3) is 0 Å². The summed E-state index contributed by atoms with van der Waals surface area (Å²) in [6, 6.07) is 0. The Morgan fingerprint density at radius 2 is 2.06 bits per heavy atom. The molecule has 1 saturated heterocycles. The molecule has 2 heterocycles. The molecule has 3 rings (SSSR count). The van der Waals surface area contributed by atoms with Crippen molar-refractivity contribution in [1.82, 2.24) is 20.1 Å². The molecule has 100 valence electrons. The van der Waals surface area contributed by atoms with Crippen molar-refractivity contribution in [2.24, 2.45) is 7.05 Å². The van der Waals surface area contributed by atoms with Gasteiger partial charge in [0.25, 0.3) is 0 Å². The van der Waals surface area contributed by atoms with Gasteiger partial charge in [0, 0.05) is 18.4 Å². The summed E-state index contributed by atoms with van der Waals surface area (Å²) >= 11 is 0. The molecule has 1 saturated carbocycles. The van der Waals surface area contributed by atoms with Crippen LogP contribution in [0.1, 0.15) is 63.0 Å². The van der Waals surface area contributed by atoms with E-state index in [1.165, 1.54) is 44.3 Å². The SMILES string of the molecule is CCCC1(c2nc(C3CC3)nn2C)CCNCC1. The first-order chi connectivity index (χ1) is 8.75. The van der Waals surface area contributed by atoms with Crippen LogP contribution in [-0.4, -0.2) is 27.9 Å². The second kappa shape index (κ2) is 4.65. The highest BCUT2D eigenvalue weighted by molar-refractivity contribution is 5.15. The van der Waals surface area contributed by atoms with Crippen molar-refractivity contribution in [2.45, 2.75) is 56.8 Å². The number of hydrogen-bond donors (Lipinski definition) is 1.